The molecule has 1 fully saturated rings. The molecule has 4 aromatic carbocycles. The van der Waals surface area contributed by atoms with Crippen LogP contribution in [0.5, 0.6) is 0 Å². The van der Waals surface area contributed by atoms with Gasteiger partial charge in [0, 0.05) is 11.8 Å². The third-order valence-electron chi connectivity index (χ3n) is 6.25. The van der Waals surface area contributed by atoms with Gasteiger partial charge in [0.25, 0.3) is 11.6 Å². The van der Waals surface area contributed by atoms with E-state index in [1.54, 1.807) is 35.2 Å². The van der Waals surface area contributed by atoms with Gasteiger partial charge in [0.15, 0.2) is 5.17 Å². The van der Waals surface area contributed by atoms with E-state index in [1.807, 2.05) is 80.6 Å². The number of carbonyl (C=O) groups is 2. The van der Waals surface area contributed by atoms with Crippen molar-refractivity contribution in [1.82, 2.24) is 0 Å². The van der Waals surface area contributed by atoms with Crippen LogP contribution in [0.3, 0.4) is 0 Å². The second kappa shape index (κ2) is 12.9. The summed E-state index contributed by atoms with van der Waals surface area (Å²) in [4.78, 5) is 44.5. The minimum atomic E-state index is -0.480. The highest BCUT2D eigenvalue weighted by Gasteiger charge is 2.35. The molecular weight excluding hydrogens is 569 g/mol. The van der Waals surface area contributed by atoms with Gasteiger partial charge in [-0.3, -0.25) is 24.6 Å². The third kappa shape index (κ3) is 6.96. The minimum Gasteiger partial charge on any atom is -0.325 e. The zero-order valence-corrected chi connectivity index (χ0v) is 24.4. The number of nitro groups is 1. The molecule has 8 nitrogen and oxygen atoms in total. The summed E-state index contributed by atoms with van der Waals surface area (Å²) < 4.78 is 0. The van der Waals surface area contributed by atoms with E-state index < -0.39 is 4.92 Å². The molecule has 0 radical (unpaired) electrons. The van der Waals surface area contributed by atoms with Gasteiger partial charge < -0.3 is 5.32 Å². The van der Waals surface area contributed by atoms with Crippen molar-refractivity contribution in [3.8, 4) is 0 Å². The van der Waals surface area contributed by atoms with Crippen LogP contribution in [-0.2, 0) is 9.59 Å². The van der Waals surface area contributed by atoms with Crippen LogP contribution in [0.25, 0.3) is 6.08 Å². The molecular formula is C32H26N4O4S2. The molecule has 2 amide bonds. The van der Waals surface area contributed by atoms with Crippen molar-refractivity contribution < 1.29 is 14.5 Å². The molecule has 0 unspecified atom stereocenters. The molecule has 0 aliphatic carbocycles. The average molecular weight is 595 g/mol. The van der Waals surface area contributed by atoms with E-state index in [2.05, 4.69) is 5.32 Å². The summed E-state index contributed by atoms with van der Waals surface area (Å²) in [7, 11) is 0. The Kier molecular flexibility index (Phi) is 8.85. The predicted octanol–water partition coefficient (Wildman–Crippen LogP) is 7.75. The van der Waals surface area contributed by atoms with E-state index in [9.17, 15) is 19.7 Å². The molecule has 1 aliphatic heterocycles. The first-order valence-electron chi connectivity index (χ1n) is 13.0. The van der Waals surface area contributed by atoms with Gasteiger partial charge in [-0.05, 0) is 79.7 Å². The zero-order valence-electron chi connectivity index (χ0n) is 22.8. The Balaban J connectivity index is 1.41. The number of amides is 2. The standard InChI is InChI=1S/C32H26N4O4S2/c1-21-8-13-25(14-9-21)34-32-35(26-15-10-22(2)11-16-26)31(38)29(42-32)19-23-12-17-28(27(18-23)36(39)40)41-20-30(37)33-24-6-4-3-5-7-24/h3-19H,20H2,1-2H3,(H,33,37)/b29-19-,34-32?. The van der Waals surface area contributed by atoms with E-state index in [0.29, 0.717) is 37.6 Å². The van der Waals surface area contributed by atoms with Crippen LogP contribution in [0.4, 0.5) is 22.7 Å². The van der Waals surface area contributed by atoms with Gasteiger partial charge in [-0.1, -0.05) is 59.7 Å². The molecule has 0 spiro atoms. The van der Waals surface area contributed by atoms with Gasteiger partial charge in [0.2, 0.25) is 5.91 Å². The Morgan fingerprint density at radius 1 is 0.976 bits per heavy atom. The van der Waals surface area contributed by atoms with Crippen LogP contribution < -0.4 is 10.2 Å². The molecule has 1 saturated heterocycles. The number of amidine groups is 1. The van der Waals surface area contributed by atoms with E-state index in [-0.39, 0.29) is 23.3 Å². The lowest BCUT2D eigenvalue weighted by molar-refractivity contribution is -0.387. The number of anilines is 2. The van der Waals surface area contributed by atoms with Crippen LogP contribution in [0.15, 0.2) is 112 Å². The van der Waals surface area contributed by atoms with Crippen LogP contribution in [0.2, 0.25) is 0 Å². The molecule has 210 valence electrons. The molecule has 0 atom stereocenters. The lowest BCUT2D eigenvalue weighted by Crippen LogP contribution is -2.28. The Morgan fingerprint density at radius 3 is 2.31 bits per heavy atom. The van der Waals surface area contributed by atoms with Crippen LogP contribution in [0.1, 0.15) is 16.7 Å². The molecule has 0 saturated carbocycles. The number of hydrogen-bond acceptors (Lipinski definition) is 7. The van der Waals surface area contributed by atoms with Gasteiger partial charge in [0.05, 0.1) is 31.9 Å². The highest BCUT2D eigenvalue weighted by Crippen LogP contribution is 2.38. The maximum absolute atomic E-state index is 13.6. The number of para-hydroxylation sites is 1. The van der Waals surface area contributed by atoms with Crippen molar-refractivity contribution in [2.75, 3.05) is 16.0 Å². The third-order valence-corrected chi connectivity index (χ3v) is 8.28. The summed E-state index contributed by atoms with van der Waals surface area (Å²) in [6, 6.07) is 29.0. The monoisotopic (exact) mass is 594 g/mol. The predicted molar refractivity (Wildman–Crippen MR) is 171 cm³/mol. The van der Waals surface area contributed by atoms with Crippen LogP contribution in [0, 0.1) is 24.0 Å². The SMILES string of the molecule is Cc1ccc(N=C2S/C(=C\c3ccc(SCC(=O)Nc4ccccc4)c([N+](=O)[O-])c3)C(=O)N2c2ccc(C)cc2)cc1. The number of nitro benzene ring substituents is 1. The van der Waals surface area contributed by atoms with Gasteiger partial charge in [-0.15, -0.1) is 11.8 Å². The van der Waals surface area contributed by atoms with Crippen molar-refractivity contribution in [2.24, 2.45) is 4.99 Å². The Bertz CT molecular complexity index is 1700. The maximum atomic E-state index is 13.6. The maximum Gasteiger partial charge on any atom is 0.283 e. The fourth-order valence-electron chi connectivity index (χ4n) is 4.10. The van der Waals surface area contributed by atoms with Crippen LogP contribution >= 0.6 is 23.5 Å². The first-order valence-corrected chi connectivity index (χ1v) is 14.8. The molecule has 1 aliphatic rings. The molecule has 1 N–H and O–H groups in total. The molecule has 1 heterocycles. The molecule has 5 rings (SSSR count). The number of hydrogen-bond donors (Lipinski definition) is 1. The molecule has 0 aromatic heterocycles. The van der Waals surface area contributed by atoms with E-state index >= 15 is 0 Å². The normalized spacial score (nSPS) is 14.9. The Hall–Kier alpha value is -4.67. The number of nitrogens with zero attached hydrogens (tertiary/aromatic N) is 3. The van der Waals surface area contributed by atoms with E-state index in [0.717, 1.165) is 22.9 Å². The van der Waals surface area contributed by atoms with Gasteiger partial charge in [0.1, 0.15) is 0 Å². The number of aliphatic imine (C=N–C) groups is 1. The number of nitrogens with one attached hydrogen (secondary N) is 1. The van der Waals surface area contributed by atoms with Crippen molar-refractivity contribution in [1.29, 1.82) is 0 Å². The summed E-state index contributed by atoms with van der Waals surface area (Å²) in [5.74, 6) is -0.529. The lowest BCUT2D eigenvalue weighted by Gasteiger charge is -2.16. The lowest BCUT2D eigenvalue weighted by atomic mass is 10.1. The van der Waals surface area contributed by atoms with Crippen molar-refractivity contribution in [3.05, 3.63) is 129 Å². The summed E-state index contributed by atoms with van der Waals surface area (Å²) in [6.45, 7) is 3.97. The largest absolute Gasteiger partial charge is 0.325 e. The Morgan fingerprint density at radius 2 is 1.64 bits per heavy atom. The summed E-state index contributed by atoms with van der Waals surface area (Å²) in [5, 5.41) is 15.2. The van der Waals surface area contributed by atoms with Gasteiger partial charge >= 0.3 is 0 Å². The highest BCUT2D eigenvalue weighted by atomic mass is 32.2. The van der Waals surface area contributed by atoms with E-state index in [4.69, 9.17) is 4.99 Å². The van der Waals surface area contributed by atoms with Crippen molar-refractivity contribution in [2.45, 2.75) is 18.7 Å². The highest BCUT2D eigenvalue weighted by molar-refractivity contribution is 8.19. The summed E-state index contributed by atoms with van der Waals surface area (Å²) >= 11 is 2.29. The minimum absolute atomic E-state index is 0.00878. The fourth-order valence-corrected chi connectivity index (χ4v) is 5.91. The Labute approximate surface area is 251 Å². The molecule has 42 heavy (non-hydrogen) atoms. The van der Waals surface area contributed by atoms with Gasteiger partial charge in [-0.25, -0.2) is 4.99 Å². The zero-order chi connectivity index (χ0) is 29.6. The molecule has 0 bridgehead atoms. The van der Waals surface area contributed by atoms with Crippen molar-refractivity contribution in [3.63, 3.8) is 0 Å². The number of benzene rings is 4. The van der Waals surface area contributed by atoms with Gasteiger partial charge in [-0.2, -0.15) is 0 Å². The van der Waals surface area contributed by atoms with E-state index in [1.165, 1.54) is 17.8 Å². The first-order chi connectivity index (χ1) is 20.3. The second-order valence-corrected chi connectivity index (χ2v) is 11.5. The number of thioether (sulfide) groups is 2. The average Bonchev–Trinajstić information content (AvgIpc) is 3.28. The van der Waals surface area contributed by atoms with Crippen LogP contribution in [-0.4, -0.2) is 27.7 Å². The topological polar surface area (TPSA) is 105 Å². The quantitative estimate of drug-likeness (QED) is 0.0968. The molecule has 10 heteroatoms. The fraction of sp³-hybridized carbons (Fsp3) is 0.0938. The number of carbonyl (C=O) groups excluding carboxylic acids is 2. The number of aryl methyl sites for hydroxylation is 2. The molecule has 4 aromatic rings. The summed E-state index contributed by atoms with van der Waals surface area (Å²) in [5.41, 5.74) is 4.57. The first kappa shape index (κ1) is 28.8. The number of rotatable bonds is 8. The second-order valence-electron chi connectivity index (χ2n) is 9.50. The van der Waals surface area contributed by atoms with Crippen molar-refractivity contribution >= 4 is 69.3 Å². The summed E-state index contributed by atoms with van der Waals surface area (Å²) in [6.07, 6.45) is 1.63. The smallest absolute Gasteiger partial charge is 0.283 e.